The number of carbonyl (C=O) groups is 1. The number of hydrogen-bond donors (Lipinski definition) is 0. The molecule has 1 aromatic carbocycles. The Labute approximate surface area is 155 Å². The van der Waals surface area contributed by atoms with Gasteiger partial charge in [0.25, 0.3) is 5.91 Å². The summed E-state index contributed by atoms with van der Waals surface area (Å²) in [7, 11) is 0. The van der Waals surface area contributed by atoms with E-state index >= 15 is 0 Å². The molecule has 0 radical (unpaired) electrons. The van der Waals surface area contributed by atoms with Crippen LogP contribution in [0.15, 0.2) is 29.6 Å². The van der Waals surface area contributed by atoms with Gasteiger partial charge in [0, 0.05) is 24.0 Å². The van der Waals surface area contributed by atoms with Crippen LogP contribution in [0.25, 0.3) is 0 Å². The smallest absolute Gasteiger partial charge is 0.254 e. The zero-order valence-corrected chi connectivity index (χ0v) is 15.4. The third-order valence-electron chi connectivity index (χ3n) is 4.90. The maximum atomic E-state index is 13.3. The van der Waals surface area contributed by atoms with Crippen molar-refractivity contribution in [3.05, 3.63) is 51.7 Å². The van der Waals surface area contributed by atoms with Crippen LogP contribution < -0.4 is 0 Å². The van der Waals surface area contributed by atoms with E-state index < -0.39 is 5.82 Å². The minimum Gasteiger partial charge on any atom is -0.372 e. The van der Waals surface area contributed by atoms with Crippen LogP contribution in [0.4, 0.5) is 4.39 Å². The number of hydrogen-bond acceptors (Lipinski definition) is 5. The number of nitrogens with zero attached hydrogens (tertiary/aromatic N) is 2. The molecule has 7 heteroatoms. The van der Waals surface area contributed by atoms with E-state index in [0.717, 1.165) is 23.5 Å². The van der Waals surface area contributed by atoms with E-state index in [1.165, 1.54) is 12.1 Å². The van der Waals surface area contributed by atoms with E-state index in [0.29, 0.717) is 31.9 Å². The molecule has 1 atom stereocenters. The lowest BCUT2D eigenvalue weighted by molar-refractivity contribution is -0.188. The van der Waals surface area contributed by atoms with Crippen molar-refractivity contribution >= 4 is 17.2 Å². The van der Waals surface area contributed by atoms with Crippen LogP contribution in [0.2, 0.25) is 0 Å². The molecular weight excluding hydrogens is 355 g/mol. The molecule has 3 heterocycles. The molecule has 2 aromatic rings. The molecule has 0 bridgehead atoms. The van der Waals surface area contributed by atoms with Crippen LogP contribution in [0.1, 0.15) is 33.9 Å². The van der Waals surface area contributed by atoms with Crippen LogP contribution in [0.5, 0.6) is 0 Å². The van der Waals surface area contributed by atoms with Crippen molar-refractivity contribution in [2.75, 3.05) is 19.7 Å². The molecule has 2 saturated heterocycles. The number of aromatic nitrogens is 1. The Hall–Kier alpha value is -1.83. The molecule has 1 spiro atoms. The highest BCUT2D eigenvalue weighted by Crippen LogP contribution is 2.36. The molecular formula is C19H21FN2O3S. The van der Waals surface area contributed by atoms with Crippen LogP contribution in [0.3, 0.4) is 0 Å². The Morgan fingerprint density at radius 2 is 2.35 bits per heavy atom. The standard InChI is InChI=1S/C19H21FN2O3S/c1-13-21-16(10-26-13)9-24-17-5-6-25-19(8-17)11-22(12-19)18(23)14-3-2-4-15(20)7-14/h2-4,7,10,17H,5-6,8-9,11-12H2,1H3/t17-/m0/s1. The first-order valence-corrected chi connectivity index (χ1v) is 9.62. The molecule has 0 unspecified atom stereocenters. The number of likely N-dealkylation sites (tertiary alicyclic amines) is 1. The van der Waals surface area contributed by atoms with Crippen molar-refractivity contribution < 1.29 is 18.7 Å². The van der Waals surface area contributed by atoms with Crippen molar-refractivity contribution in [1.82, 2.24) is 9.88 Å². The van der Waals surface area contributed by atoms with Gasteiger partial charge in [-0.05, 0) is 31.5 Å². The van der Waals surface area contributed by atoms with E-state index in [-0.39, 0.29) is 17.6 Å². The van der Waals surface area contributed by atoms with Crippen LogP contribution in [-0.2, 0) is 16.1 Å². The van der Waals surface area contributed by atoms with Crippen LogP contribution in [0, 0.1) is 12.7 Å². The zero-order valence-electron chi connectivity index (χ0n) is 14.6. The Kier molecular flexibility index (Phi) is 4.77. The van der Waals surface area contributed by atoms with Crippen molar-refractivity contribution in [1.29, 1.82) is 0 Å². The monoisotopic (exact) mass is 376 g/mol. The summed E-state index contributed by atoms with van der Waals surface area (Å²) in [6, 6.07) is 5.81. The number of thiazole rings is 1. The van der Waals surface area contributed by atoms with Gasteiger partial charge in [-0.2, -0.15) is 0 Å². The number of benzene rings is 1. The summed E-state index contributed by atoms with van der Waals surface area (Å²) in [5, 5.41) is 3.06. The second-order valence-corrected chi connectivity index (χ2v) is 8.05. The summed E-state index contributed by atoms with van der Waals surface area (Å²) in [5.74, 6) is -0.551. The van der Waals surface area contributed by atoms with Gasteiger partial charge >= 0.3 is 0 Å². The van der Waals surface area contributed by atoms with Crippen molar-refractivity contribution in [3.63, 3.8) is 0 Å². The minimum absolute atomic E-state index is 0.108. The number of aryl methyl sites for hydroxylation is 1. The quantitative estimate of drug-likeness (QED) is 0.822. The highest BCUT2D eigenvalue weighted by molar-refractivity contribution is 7.09. The maximum Gasteiger partial charge on any atom is 0.254 e. The fourth-order valence-corrected chi connectivity index (χ4v) is 4.22. The predicted molar refractivity (Wildman–Crippen MR) is 95.6 cm³/mol. The topological polar surface area (TPSA) is 51.7 Å². The molecule has 0 saturated carbocycles. The van der Waals surface area contributed by atoms with E-state index in [2.05, 4.69) is 4.98 Å². The number of carbonyl (C=O) groups excluding carboxylic acids is 1. The molecule has 2 fully saturated rings. The van der Waals surface area contributed by atoms with Gasteiger partial charge in [0.15, 0.2) is 0 Å². The molecule has 2 aliphatic rings. The molecule has 1 amide bonds. The van der Waals surface area contributed by atoms with Gasteiger partial charge in [0.05, 0.1) is 36.5 Å². The largest absolute Gasteiger partial charge is 0.372 e. The first kappa shape index (κ1) is 17.6. The van der Waals surface area contributed by atoms with E-state index in [4.69, 9.17) is 9.47 Å². The van der Waals surface area contributed by atoms with Crippen molar-refractivity contribution in [3.8, 4) is 0 Å². The number of halogens is 1. The van der Waals surface area contributed by atoms with E-state index in [1.54, 1.807) is 28.4 Å². The minimum atomic E-state index is -0.397. The number of rotatable bonds is 4. The molecule has 0 N–H and O–H groups in total. The summed E-state index contributed by atoms with van der Waals surface area (Å²) >= 11 is 1.62. The van der Waals surface area contributed by atoms with Gasteiger partial charge in [-0.3, -0.25) is 4.79 Å². The van der Waals surface area contributed by atoms with Gasteiger partial charge in [0.1, 0.15) is 11.4 Å². The lowest BCUT2D eigenvalue weighted by Gasteiger charge is -2.53. The molecule has 2 aliphatic heterocycles. The van der Waals surface area contributed by atoms with Crippen molar-refractivity contribution in [2.24, 2.45) is 0 Å². The SMILES string of the molecule is Cc1nc(CO[C@H]2CCOC3(C2)CN(C(=O)c2cccc(F)c2)C3)cs1. The molecule has 26 heavy (non-hydrogen) atoms. The van der Waals surface area contributed by atoms with Gasteiger partial charge < -0.3 is 14.4 Å². The third-order valence-corrected chi connectivity index (χ3v) is 5.72. The number of ether oxygens (including phenoxy) is 2. The third kappa shape index (κ3) is 3.65. The Morgan fingerprint density at radius 1 is 1.50 bits per heavy atom. The normalized spacial score (nSPS) is 21.6. The second-order valence-electron chi connectivity index (χ2n) is 6.99. The second kappa shape index (κ2) is 7.06. The Bertz CT molecular complexity index is 804. The first-order chi connectivity index (χ1) is 12.5. The Morgan fingerprint density at radius 3 is 3.08 bits per heavy atom. The fourth-order valence-electron chi connectivity index (χ4n) is 3.62. The average molecular weight is 376 g/mol. The van der Waals surface area contributed by atoms with Gasteiger partial charge in [-0.25, -0.2) is 9.37 Å². The summed E-state index contributed by atoms with van der Waals surface area (Å²) in [6.45, 7) is 4.17. The summed E-state index contributed by atoms with van der Waals surface area (Å²) in [4.78, 5) is 18.6. The molecule has 4 rings (SSSR count). The van der Waals surface area contributed by atoms with Crippen LogP contribution in [-0.4, -0.2) is 47.2 Å². The van der Waals surface area contributed by atoms with Crippen LogP contribution >= 0.6 is 11.3 Å². The number of amides is 1. The predicted octanol–water partition coefficient (Wildman–Crippen LogP) is 3.18. The molecule has 1 aromatic heterocycles. The Balaban J connectivity index is 1.32. The maximum absolute atomic E-state index is 13.3. The van der Waals surface area contributed by atoms with Gasteiger partial charge in [-0.1, -0.05) is 6.07 Å². The molecule has 0 aliphatic carbocycles. The molecule has 138 valence electrons. The average Bonchev–Trinajstić information content (AvgIpc) is 3.03. The lowest BCUT2D eigenvalue weighted by Crippen LogP contribution is -2.67. The van der Waals surface area contributed by atoms with E-state index in [1.807, 2.05) is 12.3 Å². The van der Waals surface area contributed by atoms with Gasteiger partial charge in [0.2, 0.25) is 0 Å². The lowest BCUT2D eigenvalue weighted by atomic mass is 9.84. The van der Waals surface area contributed by atoms with Gasteiger partial charge in [-0.15, -0.1) is 11.3 Å². The van der Waals surface area contributed by atoms with Crippen molar-refractivity contribution in [2.45, 2.75) is 38.1 Å². The first-order valence-electron chi connectivity index (χ1n) is 8.74. The zero-order chi connectivity index (χ0) is 18.1. The summed E-state index contributed by atoms with van der Waals surface area (Å²) in [6.07, 6.45) is 1.73. The summed E-state index contributed by atoms with van der Waals surface area (Å²) in [5.41, 5.74) is 1.01. The fraction of sp³-hybridized carbons (Fsp3) is 0.474. The highest BCUT2D eigenvalue weighted by atomic mass is 32.1. The summed E-state index contributed by atoms with van der Waals surface area (Å²) < 4.78 is 25.3. The highest BCUT2D eigenvalue weighted by Gasteiger charge is 2.49. The van der Waals surface area contributed by atoms with E-state index in [9.17, 15) is 9.18 Å². The molecule has 5 nitrogen and oxygen atoms in total.